The Kier molecular flexibility index (Phi) is 4.07. The molecule has 1 aromatic carbocycles. The molecule has 1 aliphatic rings. The van der Waals surface area contributed by atoms with Crippen LogP contribution in [0.4, 0.5) is 0 Å². The van der Waals surface area contributed by atoms with Gasteiger partial charge in [-0.3, -0.25) is 0 Å². The summed E-state index contributed by atoms with van der Waals surface area (Å²) in [5.74, 6) is 0.986. The molecule has 1 fully saturated rings. The molecule has 1 aromatic rings. The van der Waals surface area contributed by atoms with Crippen molar-refractivity contribution in [3.05, 3.63) is 30.3 Å². The van der Waals surface area contributed by atoms with E-state index in [0.29, 0.717) is 16.7 Å². The van der Waals surface area contributed by atoms with E-state index in [1.807, 2.05) is 6.07 Å². The largest absolute Gasteiger partial charge is 0.240 e. The first-order valence-electron chi connectivity index (χ1n) is 6.58. The molecule has 0 bridgehead atoms. The summed E-state index contributed by atoms with van der Waals surface area (Å²) in [6.07, 6.45) is 3.25. The van der Waals surface area contributed by atoms with Crippen molar-refractivity contribution < 1.29 is 8.42 Å². The average Bonchev–Trinajstić information content (AvgIpc) is 2.36. The van der Waals surface area contributed by atoms with Crippen molar-refractivity contribution in [2.45, 2.75) is 44.0 Å². The molecule has 2 rings (SSSR count). The van der Waals surface area contributed by atoms with Gasteiger partial charge in [-0.05, 0) is 30.4 Å². The van der Waals surface area contributed by atoms with Crippen LogP contribution >= 0.6 is 0 Å². The van der Waals surface area contributed by atoms with Crippen LogP contribution in [0.1, 0.15) is 33.1 Å². The fourth-order valence-corrected chi connectivity index (χ4v) is 4.00. The normalized spacial score (nSPS) is 29.1. The topological polar surface area (TPSA) is 46.2 Å². The maximum absolute atomic E-state index is 12.2. The lowest BCUT2D eigenvalue weighted by molar-refractivity contribution is 0.227. The summed E-state index contributed by atoms with van der Waals surface area (Å²) in [6.45, 7) is 4.34. The van der Waals surface area contributed by atoms with E-state index in [1.54, 1.807) is 24.3 Å². The smallest absolute Gasteiger partial charge is 0.208 e. The lowest BCUT2D eigenvalue weighted by Crippen LogP contribution is -2.43. The van der Waals surface area contributed by atoms with Gasteiger partial charge in [-0.15, -0.1) is 0 Å². The van der Waals surface area contributed by atoms with Crippen LogP contribution in [0.15, 0.2) is 35.2 Å². The first-order chi connectivity index (χ1) is 8.50. The predicted molar refractivity (Wildman–Crippen MR) is 72.7 cm³/mol. The van der Waals surface area contributed by atoms with Crippen molar-refractivity contribution in [3.63, 3.8) is 0 Å². The molecular formula is C14H21NO2S. The second kappa shape index (κ2) is 5.41. The van der Waals surface area contributed by atoms with Crippen molar-refractivity contribution in [2.75, 3.05) is 0 Å². The number of nitrogens with one attached hydrogen (secondary N) is 1. The molecule has 0 radical (unpaired) electrons. The molecule has 1 aliphatic carbocycles. The summed E-state index contributed by atoms with van der Waals surface area (Å²) in [4.78, 5) is 0.357. The molecule has 0 saturated heterocycles. The third-order valence-electron chi connectivity index (χ3n) is 4.07. The zero-order valence-corrected chi connectivity index (χ0v) is 11.8. The molecule has 1 N–H and O–H groups in total. The molecule has 4 heteroatoms. The molecule has 0 aromatic heterocycles. The number of hydrogen-bond donors (Lipinski definition) is 1. The Morgan fingerprint density at radius 1 is 1.11 bits per heavy atom. The Morgan fingerprint density at radius 3 is 2.44 bits per heavy atom. The highest BCUT2D eigenvalue weighted by Gasteiger charge is 2.30. The Bertz CT molecular complexity index is 484. The molecular weight excluding hydrogens is 246 g/mol. The van der Waals surface area contributed by atoms with Crippen molar-refractivity contribution in [3.8, 4) is 0 Å². The van der Waals surface area contributed by atoms with Gasteiger partial charge in [0.05, 0.1) is 4.90 Å². The van der Waals surface area contributed by atoms with Crippen molar-refractivity contribution in [1.82, 2.24) is 4.72 Å². The lowest BCUT2D eigenvalue weighted by atomic mass is 9.78. The molecule has 0 amide bonds. The Morgan fingerprint density at radius 2 is 1.78 bits per heavy atom. The minimum Gasteiger partial charge on any atom is -0.208 e. The summed E-state index contributed by atoms with van der Waals surface area (Å²) in [6, 6.07) is 8.67. The van der Waals surface area contributed by atoms with Crippen LogP contribution in [-0.2, 0) is 10.0 Å². The lowest BCUT2D eigenvalue weighted by Gasteiger charge is -2.34. The zero-order chi connectivity index (χ0) is 13.2. The fourth-order valence-electron chi connectivity index (χ4n) is 2.62. The molecule has 3 nitrogen and oxygen atoms in total. The third kappa shape index (κ3) is 2.93. The van der Waals surface area contributed by atoms with Gasteiger partial charge in [-0.2, -0.15) is 0 Å². The average molecular weight is 267 g/mol. The third-order valence-corrected chi connectivity index (χ3v) is 5.57. The van der Waals surface area contributed by atoms with E-state index in [-0.39, 0.29) is 6.04 Å². The molecule has 3 atom stereocenters. The first kappa shape index (κ1) is 13.6. The predicted octanol–water partition coefficient (Wildman–Crippen LogP) is 2.79. The monoisotopic (exact) mass is 267 g/mol. The van der Waals surface area contributed by atoms with E-state index in [4.69, 9.17) is 0 Å². The van der Waals surface area contributed by atoms with Gasteiger partial charge in [0.2, 0.25) is 10.0 Å². The van der Waals surface area contributed by atoms with E-state index >= 15 is 0 Å². The summed E-state index contributed by atoms with van der Waals surface area (Å²) in [5, 5.41) is 0. The Labute approximate surface area is 110 Å². The number of rotatable bonds is 3. The van der Waals surface area contributed by atoms with Gasteiger partial charge >= 0.3 is 0 Å². The van der Waals surface area contributed by atoms with Crippen molar-refractivity contribution in [2.24, 2.45) is 11.8 Å². The second-order valence-corrected chi connectivity index (χ2v) is 7.02. The second-order valence-electron chi connectivity index (χ2n) is 5.31. The summed E-state index contributed by atoms with van der Waals surface area (Å²) < 4.78 is 27.3. The quantitative estimate of drug-likeness (QED) is 0.915. The van der Waals surface area contributed by atoms with E-state index in [0.717, 1.165) is 12.8 Å². The zero-order valence-electron chi connectivity index (χ0n) is 11.0. The maximum atomic E-state index is 12.2. The molecule has 0 unspecified atom stereocenters. The number of hydrogen-bond acceptors (Lipinski definition) is 2. The van der Waals surface area contributed by atoms with Crippen LogP contribution in [0.3, 0.4) is 0 Å². The van der Waals surface area contributed by atoms with Crippen LogP contribution in [0.25, 0.3) is 0 Å². The molecule has 1 saturated carbocycles. The highest BCUT2D eigenvalue weighted by atomic mass is 32.2. The summed E-state index contributed by atoms with van der Waals surface area (Å²) in [7, 11) is -3.37. The van der Waals surface area contributed by atoms with Crippen molar-refractivity contribution in [1.29, 1.82) is 0 Å². The van der Waals surface area contributed by atoms with Gasteiger partial charge < -0.3 is 0 Å². The van der Waals surface area contributed by atoms with Gasteiger partial charge in [0.15, 0.2) is 0 Å². The van der Waals surface area contributed by atoms with Gasteiger partial charge in [0.25, 0.3) is 0 Å². The van der Waals surface area contributed by atoms with E-state index < -0.39 is 10.0 Å². The first-order valence-corrected chi connectivity index (χ1v) is 8.06. The highest BCUT2D eigenvalue weighted by Crippen LogP contribution is 2.30. The molecule has 0 spiro atoms. The standard InChI is InChI=1S/C14H21NO2S/c1-11-7-6-10-14(12(11)2)15-18(16,17)13-8-4-3-5-9-13/h3-5,8-9,11-12,14-15H,6-7,10H2,1-2H3/t11-,12+,14-/m0/s1. The van der Waals surface area contributed by atoms with E-state index in [9.17, 15) is 8.42 Å². The van der Waals surface area contributed by atoms with Gasteiger partial charge in [0, 0.05) is 6.04 Å². The van der Waals surface area contributed by atoms with Crippen LogP contribution in [0, 0.1) is 11.8 Å². The fraction of sp³-hybridized carbons (Fsp3) is 0.571. The Balaban J connectivity index is 2.13. The maximum Gasteiger partial charge on any atom is 0.240 e. The minimum atomic E-state index is -3.37. The highest BCUT2D eigenvalue weighted by molar-refractivity contribution is 7.89. The minimum absolute atomic E-state index is 0.0685. The molecule has 100 valence electrons. The van der Waals surface area contributed by atoms with Crippen LogP contribution in [-0.4, -0.2) is 14.5 Å². The SMILES string of the molecule is C[C@H]1[C@@H](NS(=O)(=O)c2ccccc2)CCC[C@@H]1C. The molecule has 0 heterocycles. The van der Waals surface area contributed by atoms with Gasteiger partial charge in [0.1, 0.15) is 0 Å². The number of sulfonamides is 1. The van der Waals surface area contributed by atoms with E-state index in [2.05, 4.69) is 18.6 Å². The summed E-state index contributed by atoms with van der Waals surface area (Å²) >= 11 is 0. The van der Waals surface area contributed by atoms with Crippen LogP contribution in [0.5, 0.6) is 0 Å². The van der Waals surface area contributed by atoms with Gasteiger partial charge in [-0.25, -0.2) is 13.1 Å². The molecule has 18 heavy (non-hydrogen) atoms. The Hall–Kier alpha value is -0.870. The molecule has 0 aliphatic heterocycles. The number of benzene rings is 1. The van der Waals surface area contributed by atoms with Crippen LogP contribution < -0.4 is 4.72 Å². The summed E-state index contributed by atoms with van der Waals surface area (Å²) in [5.41, 5.74) is 0. The van der Waals surface area contributed by atoms with Gasteiger partial charge in [-0.1, -0.05) is 44.9 Å². The van der Waals surface area contributed by atoms with Crippen molar-refractivity contribution >= 4 is 10.0 Å². The van der Waals surface area contributed by atoms with Crippen LogP contribution in [0.2, 0.25) is 0 Å². The van der Waals surface area contributed by atoms with E-state index in [1.165, 1.54) is 6.42 Å².